The minimum atomic E-state index is -1.73. The summed E-state index contributed by atoms with van der Waals surface area (Å²) in [7, 11) is 0. The molecule has 0 unspecified atom stereocenters. The summed E-state index contributed by atoms with van der Waals surface area (Å²) in [6, 6.07) is 0. The Hall–Kier alpha value is -1.27. The van der Waals surface area contributed by atoms with E-state index in [1.165, 1.54) is 0 Å². The Bertz CT molecular complexity index is 1490. The van der Waals surface area contributed by atoms with Crippen molar-refractivity contribution in [1.82, 2.24) is 0 Å². The van der Waals surface area contributed by atoms with Crippen molar-refractivity contribution in [2.45, 2.75) is 166 Å². The molecular formula is C41H66O14. The number of aliphatic carboxylic acids is 1. The number of fused-ring (bicyclic) bond motifs is 7. The summed E-state index contributed by atoms with van der Waals surface area (Å²) < 4.78 is 23.6. The van der Waals surface area contributed by atoms with E-state index in [-0.39, 0.29) is 47.2 Å². The largest absolute Gasteiger partial charge is 0.481 e. The Labute approximate surface area is 323 Å². The molecule has 2 saturated heterocycles. The molecule has 14 heteroatoms. The van der Waals surface area contributed by atoms with Crippen molar-refractivity contribution in [3.05, 3.63) is 11.6 Å². The smallest absolute Gasteiger partial charge is 0.310 e. The standard InChI is InChI=1S/C41H66O14/c1-20-9-14-41(35(49)50)16-15-38(4)21(32(41)40(20,6)51)7-8-25-36(2)12-11-26(37(3,19-43)24(36)10-13-39(25,38)5)54-33-30(48)31(22(44)18-52-33)55-34-29(47)28(46)27(45)23(17-42)53-34/h7,20,22-34,42-48,51H,8-19H2,1-6H3,(H,49,50)/t20-,22+,23-,24-,25-,26+,27-,28+,29-,30-,31+,32+,33+,34+,36+,37+,38-,39-,40-,41+/m1/s1. The Balaban J connectivity index is 1.13. The average molecular weight is 783 g/mol. The van der Waals surface area contributed by atoms with Crippen LogP contribution in [0.5, 0.6) is 0 Å². The van der Waals surface area contributed by atoms with Gasteiger partial charge in [-0.15, -0.1) is 0 Å². The van der Waals surface area contributed by atoms with Gasteiger partial charge >= 0.3 is 5.97 Å². The molecule has 20 atom stereocenters. The van der Waals surface area contributed by atoms with E-state index in [0.29, 0.717) is 25.7 Å². The van der Waals surface area contributed by atoms with Crippen LogP contribution in [0.25, 0.3) is 0 Å². The van der Waals surface area contributed by atoms with E-state index in [1.807, 2.05) is 20.8 Å². The Morgan fingerprint density at radius 1 is 0.836 bits per heavy atom. The molecule has 0 bridgehead atoms. The van der Waals surface area contributed by atoms with Crippen LogP contribution in [0.2, 0.25) is 0 Å². The zero-order chi connectivity index (χ0) is 40.3. The van der Waals surface area contributed by atoms with Crippen LogP contribution in [0.1, 0.15) is 99.3 Å². The predicted octanol–water partition coefficient (Wildman–Crippen LogP) is 1.46. The highest BCUT2D eigenvalue weighted by Gasteiger charge is 2.72. The van der Waals surface area contributed by atoms with Crippen molar-refractivity contribution in [1.29, 1.82) is 0 Å². The number of allylic oxidation sites excluding steroid dienone is 1. The summed E-state index contributed by atoms with van der Waals surface area (Å²) in [4.78, 5) is 13.1. The minimum Gasteiger partial charge on any atom is -0.481 e. The summed E-state index contributed by atoms with van der Waals surface area (Å²) in [5.41, 5.74) is -2.52. The first-order valence-electron chi connectivity index (χ1n) is 20.5. The maximum atomic E-state index is 13.1. The molecule has 14 nitrogen and oxygen atoms in total. The van der Waals surface area contributed by atoms with Gasteiger partial charge in [0.25, 0.3) is 0 Å². The van der Waals surface area contributed by atoms with Gasteiger partial charge in [-0.25, -0.2) is 0 Å². The van der Waals surface area contributed by atoms with Gasteiger partial charge in [0.2, 0.25) is 0 Å². The lowest BCUT2D eigenvalue weighted by atomic mass is 9.33. The lowest BCUT2D eigenvalue weighted by Crippen LogP contribution is -2.68. The van der Waals surface area contributed by atoms with Crippen molar-refractivity contribution < 1.29 is 69.7 Å². The lowest BCUT2D eigenvalue weighted by Gasteiger charge is -2.72. The fourth-order valence-corrected chi connectivity index (χ4v) is 13.6. The quantitative estimate of drug-likeness (QED) is 0.132. The fraction of sp³-hybridized carbons (Fsp3) is 0.927. The first-order chi connectivity index (χ1) is 25.7. The second kappa shape index (κ2) is 14.2. The third-order valence-corrected chi connectivity index (χ3v) is 17.4. The second-order valence-electron chi connectivity index (χ2n) is 19.7. The number of carboxylic acids is 1. The maximum Gasteiger partial charge on any atom is 0.310 e. The molecule has 0 spiro atoms. The van der Waals surface area contributed by atoms with E-state index in [9.17, 15) is 50.8 Å². The molecular weight excluding hydrogens is 716 g/mol. The average Bonchev–Trinajstić information content (AvgIpc) is 3.13. The summed E-state index contributed by atoms with van der Waals surface area (Å²) >= 11 is 0. The highest BCUT2D eigenvalue weighted by atomic mass is 16.7. The first kappa shape index (κ1) is 41.9. The van der Waals surface area contributed by atoms with Crippen molar-refractivity contribution in [2.75, 3.05) is 19.8 Å². The zero-order valence-corrected chi connectivity index (χ0v) is 33.2. The maximum absolute atomic E-state index is 13.1. The minimum absolute atomic E-state index is 0.0207. The van der Waals surface area contributed by atoms with Crippen molar-refractivity contribution >= 4 is 5.97 Å². The molecule has 55 heavy (non-hydrogen) atoms. The van der Waals surface area contributed by atoms with Gasteiger partial charge in [-0.1, -0.05) is 46.3 Å². The topological polar surface area (TPSA) is 236 Å². The van der Waals surface area contributed by atoms with E-state index in [4.69, 9.17) is 18.9 Å². The summed E-state index contributed by atoms with van der Waals surface area (Å²) in [5.74, 6) is -1.07. The van der Waals surface area contributed by atoms with Gasteiger partial charge in [0.15, 0.2) is 12.6 Å². The number of ether oxygens (including phenoxy) is 4. The van der Waals surface area contributed by atoms with Gasteiger partial charge in [-0.05, 0) is 98.7 Å². The first-order valence-corrected chi connectivity index (χ1v) is 20.5. The highest BCUT2D eigenvalue weighted by molar-refractivity contribution is 5.77. The van der Waals surface area contributed by atoms with E-state index < -0.39 is 96.3 Å². The van der Waals surface area contributed by atoms with E-state index in [2.05, 4.69) is 26.8 Å². The number of aliphatic hydroxyl groups is 8. The summed E-state index contributed by atoms with van der Waals surface area (Å²) in [6.45, 7) is 11.8. The van der Waals surface area contributed by atoms with Crippen LogP contribution >= 0.6 is 0 Å². The molecule has 2 aliphatic heterocycles. The zero-order valence-electron chi connectivity index (χ0n) is 33.2. The SMILES string of the molecule is C[C@@H]1CC[C@]2(C(=O)O)CC[C@]3(C)C(=CC[C@@H]4[C@@]5(C)CC[C@H](O[C@@H]6OC[C@H](O)[C@H](O[C@@H]7O[C@H](CO)[C@@H](O)[C@H](O)[C@H]7O)[C@H]6O)[C@@](C)(CO)[C@@H]5CC[C@]43C)[C@H]2[C@]1(C)O. The van der Waals surface area contributed by atoms with E-state index in [1.54, 1.807) is 0 Å². The molecule has 0 amide bonds. The Morgan fingerprint density at radius 2 is 1.55 bits per heavy atom. The number of carboxylic acid groups (broad SMARTS) is 1. The molecule has 9 N–H and O–H groups in total. The summed E-state index contributed by atoms with van der Waals surface area (Å²) in [6.07, 6.45) is -5.46. The van der Waals surface area contributed by atoms with Crippen LogP contribution in [-0.2, 0) is 23.7 Å². The number of hydrogen-bond acceptors (Lipinski definition) is 13. The van der Waals surface area contributed by atoms with Crippen LogP contribution in [0.3, 0.4) is 0 Å². The number of hydrogen-bond donors (Lipinski definition) is 9. The molecule has 5 aliphatic carbocycles. The molecule has 7 aliphatic rings. The fourth-order valence-electron chi connectivity index (χ4n) is 13.6. The molecule has 4 saturated carbocycles. The lowest BCUT2D eigenvalue weighted by molar-refractivity contribution is -0.358. The summed E-state index contributed by atoms with van der Waals surface area (Å²) in [5, 5.41) is 97.0. The number of aliphatic hydroxyl groups excluding tert-OH is 7. The second-order valence-corrected chi connectivity index (χ2v) is 19.7. The van der Waals surface area contributed by atoms with Crippen molar-refractivity contribution in [2.24, 2.45) is 50.7 Å². The van der Waals surface area contributed by atoms with Gasteiger partial charge in [-0.2, -0.15) is 0 Å². The highest BCUT2D eigenvalue weighted by Crippen LogP contribution is 2.76. The van der Waals surface area contributed by atoms with Crippen LogP contribution in [-0.4, -0.2) is 139 Å². The van der Waals surface area contributed by atoms with Gasteiger partial charge in [0.05, 0.1) is 36.9 Å². The van der Waals surface area contributed by atoms with Gasteiger partial charge in [-0.3, -0.25) is 4.79 Å². The molecule has 0 aromatic carbocycles. The normalized spacial score (nSPS) is 56.7. The van der Waals surface area contributed by atoms with Gasteiger partial charge in [0.1, 0.15) is 42.7 Å². The predicted molar refractivity (Wildman–Crippen MR) is 195 cm³/mol. The molecule has 0 radical (unpaired) electrons. The number of carbonyl (C=O) groups is 1. The van der Waals surface area contributed by atoms with Crippen LogP contribution in [0.15, 0.2) is 11.6 Å². The molecule has 314 valence electrons. The van der Waals surface area contributed by atoms with E-state index in [0.717, 1.165) is 37.7 Å². The Morgan fingerprint density at radius 3 is 2.20 bits per heavy atom. The van der Waals surface area contributed by atoms with Crippen LogP contribution in [0.4, 0.5) is 0 Å². The number of rotatable bonds is 7. The molecule has 7 rings (SSSR count). The monoisotopic (exact) mass is 782 g/mol. The molecule has 2 heterocycles. The van der Waals surface area contributed by atoms with E-state index >= 15 is 0 Å². The van der Waals surface area contributed by atoms with Crippen molar-refractivity contribution in [3.8, 4) is 0 Å². The Kier molecular flexibility index (Phi) is 10.8. The molecule has 6 fully saturated rings. The third kappa shape index (κ3) is 5.89. The molecule has 0 aromatic heterocycles. The molecule has 0 aromatic rings. The van der Waals surface area contributed by atoms with Crippen LogP contribution < -0.4 is 0 Å². The van der Waals surface area contributed by atoms with Crippen LogP contribution in [0, 0.1) is 50.7 Å². The van der Waals surface area contributed by atoms with Gasteiger partial charge < -0.3 is 64.9 Å². The van der Waals surface area contributed by atoms with Crippen molar-refractivity contribution in [3.63, 3.8) is 0 Å². The third-order valence-electron chi connectivity index (χ3n) is 17.4. The van der Waals surface area contributed by atoms with Gasteiger partial charge in [0, 0.05) is 11.3 Å².